The lowest BCUT2D eigenvalue weighted by Crippen LogP contribution is -2.50. The number of aryl methyl sites for hydroxylation is 1. The van der Waals surface area contributed by atoms with E-state index in [0.717, 1.165) is 0 Å². The molecule has 0 saturated heterocycles. The maximum absolute atomic E-state index is 10.8. The summed E-state index contributed by atoms with van der Waals surface area (Å²) >= 11 is 0. The number of anilines is 1. The van der Waals surface area contributed by atoms with Gasteiger partial charge >= 0.3 is 0 Å². The number of nitrogens with one attached hydrogen (secondary N) is 2. The molecule has 0 unspecified atom stereocenters. The summed E-state index contributed by atoms with van der Waals surface area (Å²) in [5.74, 6) is 0.0905. The van der Waals surface area contributed by atoms with Crippen LogP contribution in [0.3, 0.4) is 0 Å². The van der Waals surface area contributed by atoms with Gasteiger partial charge in [0.15, 0.2) is 0 Å². The van der Waals surface area contributed by atoms with Crippen LogP contribution < -0.4 is 5.32 Å². The first-order valence-corrected chi connectivity index (χ1v) is 8.98. The second-order valence-corrected chi connectivity index (χ2v) is 7.98. The molecule has 0 spiro atoms. The predicted octanol–water partition coefficient (Wildman–Crippen LogP) is 5.12. The molecule has 1 aliphatic rings. The Morgan fingerprint density at radius 3 is 2.60 bits per heavy atom. The van der Waals surface area contributed by atoms with E-state index in [1.54, 1.807) is 0 Å². The first-order chi connectivity index (χ1) is 11.8. The normalized spacial score (nSPS) is 21.8. The Balaban J connectivity index is 1.99. The number of benzene rings is 2. The molecule has 1 aromatic heterocycles. The van der Waals surface area contributed by atoms with E-state index >= 15 is 0 Å². The molecule has 4 rings (SSSR count). The number of fused-ring (bicyclic) bond motifs is 2. The van der Waals surface area contributed by atoms with Crippen molar-refractivity contribution >= 4 is 16.6 Å². The monoisotopic (exact) mass is 334 g/mol. The van der Waals surface area contributed by atoms with Gasteiger partial charge in [-0.25, -0.2) is 0 Å². The van der Waals surface area contributed by atoms with Crippen molar-refractivity contribution in [2.24, 2.45) is 0 Å². The fourth-order valence-electron chi connectivity index (χ4n) is 4.45. The average Bonchev–Trinajstić information content (AvgIpc) is 3.04. The number of hydrogen-bond acceptors (Lipinski definition) is 2. The molecule has 0 amide bonds. The molecule has 0 bridgehead atoms. The van der Waals surface area contributed by atoms with Crippen LogP contribution in [-0.2, 0) is 0 Å². The predicted molar refractivity (Wildman–Crippen MR) is 105 cm³/mol. The van der Waals surface area contributed by atoms with Crippen molar-refractivity contribution in [1.82, 2.24) is 4.98 Å². The van der Waals surface area contributed by atoms with Crippen molar-refractivity contribution in [3.8, 4) is 11.1 Å². The smallest absolute Gasteiger partial charge is 0.0830 e. The van der Waals surface area contributed by atoms with Crippen molar-refractivity contribution in [1.29, 1.82) is 0 Å². The maximum Gasteiger partial charge on any atom is 0.0830 e. The summed E-state index contributed by atoms with van der Waals surface area (Å²) in [7, 11) is 0. The van der Waals surface area contributed by atoms with Gasteiger partial charge in [0.2, 0.25) is 0 Å². The molecule has 0 aliphatic carbocycles. The maximum atomic E-state index is 10.8. The molecule has 3 N–H and O–H groups in total. The second kappa shape index (κ2) is 5.37. The molecule has 2 atom stereocenters. The standard InChI is InChI=1S/C22H26N2O/c1-12-11-17(16-8-6-7-15-9-10-23-20(15)16)13(2)18-14(3)21(25)22(4,5)24-19(12)18/h6-11,14,21,23-25H,1-5H3/t14-,21+/m1/s1. The van der Waals surface area contributed by atoms with E-state index in [9.17, 15) is 5.11 Å². The summed E-state index contributed by atoms with van der Waals surface area (Å²) in [6.07, 6.45) is 1.57. The summed E-state index contributed by atoms with van der Waals surface area (Å²) in [5, 5.41) is 15.6. The van der Waals surface area contributed by atoms with Crippen LogP contribution in [0.25, 0.3) is 22.0 Å². The van der Waals surface area contributed by atoms with Gasteiger partial charge in [-0.3, -0.25) is 0 Å². The SMILES string of the molecule is Cc1cc(-c2cccc3cc[nH]c23)c(C)c2c1NC(C)(C)[C@@H](O)[C@@H]2C. The van der Waals surface area contributed by atoms with Crippen LogP contribution in [-0.4, -0.2) is 21.7 Å². The highest BCUT2D eigenvalue weighted by Gasteiger charge is 2.40. The fourth-order valence-corrected chi connectivity index (χ4v) is 4.45. The molecule has 3 heteroatoms. The van der Waals surface area contributed by atoms with Crippen LogP contribution in [0.5, 0.6) is 0 Å². The molecule has 1 aliphatic heterocycles. The molecule has 0 radical (unpaired) electrons. The zero-order chi connectivity index (χ0) is 17.9. The summed E-state index contributed by atoms with van der Waals surface area (Å²) in [6, 6.07) is 10.8. The fraction of sp³-hybridized carbons (Fsp3) is 0.364. The Bertz CT molecular complexity index is 968. The third kappa shape index (κ3) is 2.30. The van der Waals surface area contributed by atoms with Gasteiger partial charge in [0.1, 0.15) is 0 Å². The van der Waals surface area contributed by atoms with E-state index in [4.69, 9.17) is 0 Å². The molecule has 0 saturated carbocycles. The molecule has 130 valence electrons. The van der Waals surface area contributed by atoms with Crippen molar-refractivity contribution in [3.63, 3.8) is 0 Å². The molecule has 25 heavy (non-hydrogen) atoms. The summed E-state index contributed by atoms with van der Waals surface area (Å²) in [4.78, 5) is 3.38. The van der Waals surface area contributed by atoms with Gasteiger partial charge < -0.3 is 15.4 Å². The van der Waals surface area contributed by atoms with Gasteiger partial charge in [-0.2, -0.15) is 0 Å². The van der Waals surface area contributed by atoms with Crippen LogP contribution in [0.2, 0.25) is 0 Å². The number of para-hydroxylation sites is 1. The number of aliphatic hydroxyl groups is 1. The Morgan fingerprint density at radius 1 is 1.08 bits per heavy atom. The van der Waals surface area contributed by atoms with Gasteiger partial charge in [0, 0.05) is 23.4 Å². The third-order valence-electron chi connectivity index (χ3n) is 5.83. The first kappa shape index (κ1) is 16.2. The number of aromatic nitrogens is 1. The van der Waals surface area contributed by atoms with Crippen LogP contribution >= 0.6 is 0 Å². The summed E-state index contributed by atoms with van der Waals surface area (Å²) in [5.41, 5.74) is 8.20. The van der Waals surface area contributed by atoms with E-state index in [0.29, 0.717) is 0 Å². The van der Waals surface area contributed by atoms with Gasteiger partial charge in [0.05, 0.1) is 17.2 Å². The number of aliphatic hydroxyl groups excluding tert-OH is 1. The lowest BCUT2D eigenvalue weighted by Gasteiger charge is -2.44. The first-order valence-electron chi connectivity index (χ1n) is 8.98. The summed E-state index contributed by atoms with van der Waals surface area (Å²) < 4.78 is 0. The minimum absolute atomic E-state index is 0.0905. The molecular weight excluding hydrogens is 308 g/mol. The van der Waals surface area contributed by atoms with Crippen LogP contribution in [0.4, 0.5) is 5.69 Å². The van der Waals surface area contributed by atoms with E-state index in [-0.39, 0.29) is 11.5 Å². The van der Waals surface area contributed by atoms with Crippen molar-refractivity contribution < 1.29 is 5.11 Å². The number of hydrogen-bond donors (Lipinski definition) is 3. The zero-order valence-electron chi connectivity index (χ0n) is 15.6. The molecule has 2 heterocycles. The Labute approximate surface area is 149 Å². The molecule has 2 aromatic carbocycles. The van der Waals surface area contributed by atoms with E-state index in [2.05, 4.69) is 75.3 Å². The number of H-pyrrole nitrogens is 1. The Kier molecular flexibility index (Phi) is 3.48. The van der Waals surface area contributed by atoms with E-state index in [1.165, 1.54) is 44.4 Å². The van der Waals surface area contributed by atoms with Crippen molar-refractivity contribution in [3.05, 3.63) is 53.2 Å². The van der Waals surface area contributed by atoms with Gasteiger partial charge in [-0.05, 0) is 67.5 Å². The zero-order valence-corrected chi connectivity index (χ0v) is 15.6. The second-order valence-electron chi connectivity index (χ2n) is 7.98. The lowest BCUT2D eigenvalue weighted by atomic mass is 9.75. The lowest BCUT2D eigenvalue weighted by molar-refractivity contribution is 0.0866. The molecule has 3 nitrogen and oxygen atoms in total. The Morgan fingerprint density at radius 2 is 1.84 bits per heavy atom. The Hall–Kier alpha value is -2.26. The highest BCUT2D eigenvalue weighted by molar-refractivity contribution is 5.96. The minimum atomic E-state index is -0.422. The average molecular weight is 334 g/mol. The van der Waals surface area contributed by atoms with Crippen LogP contribution in [0.15, 0.2) is 36.5 Å². The minimum Gasteiger partial charge on any atom is -0.390 e. The van der Waals surface area contributed by atoms with Crippen LogP contribution in [0, 0.1) is 13.8 Å². The van der Waals surface area contributed by atoms with Gasteiger partial charge in [0.25, 0.3) is 0 Å². The van der Waals surface area contributed by atoms with Gasteiger partial charge in [-0.15, -0.1) is 0 Å². The van der Waals surface area contributed by atoms with Crippen molar-refractivity contribution in [2.45, 2.75) is 52.2 Å². The summed E-state index contributed by atoms with van der Waals surface area (Å²) in [6.45, 7) is 10.6. The third-order valence-corrected chi connectivity index (χ3v) is 5.83. The highest BCUT2D eigenvalue weighted by atomic mass is 16.3. The quantitative estimate of drug-likeness (QED) is 0.578. The highest BCUT2D eigenvalue weighted by Crippen LogP contribution is 2.45. The largest absolute Gasteiger partial charge is 0.390 e. The molecule has 0 fully saturated rings. The van der Waals surface area contributed by atoms with Crippen LogP contribution in [0.1, 0.15) is 43.4 Å². The number of rotatable bonds is 1. The molecular formula is C22H26N2O. The topological polar surface area (TPSA) is 48.0 Å². The number of aromatic amines is 1. The van der Waals surface area contributed by atoms with Gasteiger partial charge in [-0.1, -0.05) is 25.1 Å². The molecule has 3 aromatic rings. The van der Waals surface area contributed by atoms with E-state index < -0.39 is 6.10 Å². The van der Waals surface area contributed by atoms with E-state index in [1.807, 2.05) is 6.20 Å². The van der Waals surface area contributed by atoms with Crippen molar-refractivity contribution in [2.75, 3.05) is 5.32 Å².